The van der Waals surface area contributed by atoms with E-state index in [4.69, 9.17) is 4.74 Å². The van der Waals surface area contributed by atoms with Crippen LogP contribution >= 0.6 is 0 Å². The SMILES string of the molecule is CC(C(=O)NCC1(C)CCCO1)C1CNC1. The monoisotopic (exact) mass is 226 g/mol. The third kappa shape index (κ3) is 2.55. The van der Waals surface area contributed by atoms with Gasteiger partial charge in [0.25, 0.3) is 0 Å². The first kappa shape index (κ1) is 11.9. The molecule has 2 N–H and O–H groups in total. The Morgan fingerprint density at radius 1 is 1.62 bits per heavy atom. The molecular formula is C12H22N2O2. The molecule has 16 heavy (non-hydrogen) atoms. The number of carbonyl (C=O) groups excluding carboxylic acids is 1. The van der Waals surface area contributed by atoms with Gasteiger partial charge in [0.1, 0.15) is 0 Å². The lowest BCUT2D eigenvalue weighted by Crippen LogP contribution is -2.51. The minimum absolute atomic E-state index is 0.117. The van der Waals surface area contributed by atoms with Crippen LogP contribution in [0, 0.1) is 11.8 Å². The molecule has 2 rings (SSSR count). The van der Waals surface area contributed by atoms with E-state index < -0.39 is 0 Å². The quantitative estimate of drug-likeness (QED) is 0.735. The zero-order chi connectivity index (χ0) is 11.6. The van der Waals surface area contributed by atoms with Gasteiger partial charge < -0.3 is 15.4 Å². The predicted octanol–water partition coefficient (Wildman–Crippen LogP) is 0.527. The molecule has 0 aromatic heterocycles. The highest BCUT2D eigenvalue weighted by molar-refractivity contribution is 5.78. The topological polar surface area (TPSA) is 50.4 Å². The van der Waals surface area contributed by atoms with Crippen molar-refractivity contribution in [2.75, 3.05) is 26.2 Å². The van der Waals surface area contributed by atoms with E-state index in [9.17, 15) is 4.79 Å². The normalized spacial score (nSPS) is 32.1. The Bertz CT molecular complexity index is 258. The molecule has 2 saturated heterocycles. The Kier molecular flexibility index (Phi) is 3.50. The first-order chi connectivity index (χ1) is 7.61. The van der Waals surface area contributed by atoms with E-state index in [0.717, 1.165) is 32.5 Å². The number of ether oxygens (including phenoxy) is 1. The van der Waals surface area contributed by atoms with Crippen molar-refractivity contribution >= 4 is 5.91 Å². The van der Waals surface area contributed by atoms with Crippen LogP contribution in [0.1, 0.15) is 26.7 Å². The third-order valence-electron chi connectivity index (χ3n) is 3.87. The molecule has 2 atom stereocenters. The third-order valence-corrected chi connectivity index (χ3v) is 3.87. The van der Waals surface area contributed by atoms with Crippen molar-refractivity contribution in [1.82, 2.24) is 10.6 Å². The van der Waals surface area contributed by atoms with Crippen LogP contribution in [0.3, 0.4) is 0 Å². The summed E-state index contributed by atoms with van der Waals surface area (Å²) in [5, 5.41) is 6.22. The Balaban J connectivity index is 1.74. The van der Waals surface area contributed by atoms with Crippen LogP contribution < -0.4 is 10.6 Å². The molecule has 0 aromatic carbocycles. The second kappa shape index (κ2) is 4.72. The van der Waals surface area contributed by atoms with Crippen LogP contribution in [-0.4, -0.2) is 37.7 Å². The van der Waals surface area contributed by atoms with Gasteiger partial charge in [-0.3, -0.25) is 4.79 Å². The van der Waals surface area contributed by atoms with Crippen molar-refractivity contribution in [3.05, 3.63) is 0 Å². The number of rotatable bonds is 4. The maximum atomic E-state index is 11.9. The highest BCUT2D eigenvalue weighted by Crippen LogP contribution is 2.24. The van der Waals surface area contributed by atoms with Gasteiger partial charge >= 0.3 is 0 Å². The van der Waals surface area contributed by atoms with E-state index in [0.29, 0.717) is 12.5 Å². The van der Waals surface area contributed by atoms with Crippen molar-refractivity contribution in [2.24, 2.45) is 11.8 Å². The zero-order valence-corrected chi connectivity index (χ0v) is 10.2. The molecule has 0 saturated carbocycles. The molecule has 2 unspecified atom stereocenters. The standard InChI is InChI=1S/C12H22N2O2/c1-9(10-6-13-7-10)11(15)14-8-12(2)4-3-5-16-12/h9-10,13H,3-8H2,1-2H3,(H,14,15). The van der Waals surface area contributed by atoms with Crippen LogP contribution in [0.4, 0.5) is 0 Å². The van der Waals surface area contributed by atoms with Crippen LogP contribution in [0.2, 0.25) is 0 Å². The predicted molar refractivity (Wildman–Crippen MR) is 62.1 cm³/mol. The van der Waals surface area contributed by atoms with Gasteiger partial charge in [-0.2, -0.15) is 0 Å². The highest BCUT2D eigenvalue weighted by atomic mass is 16.5. The van der Waals surface area contributed by atoms with Gasteiger partial charge in [0.05, 0.1) is 5.60 Å². The molecule has 2 fully saturated rings. The largest absolute Gasteiger partial charge is 0.373 e. The minimum Gasteiger partial charge on any atom is -0.373 e. The maximum absolute atomic E-state index is 11.9. The number of carbonyl (C=O) groups is 1. The smallest absolute Gasteiger partial charge is 0.223 e. The fourth-order valence-corrected chi connectivity index (χ4v) is 2.29. The fraction of sp³-hybridized carbons (Fsp3) is 0.917. The summed E-state index contributed by atoms with van der Waals surface area (Å²) in [5.74, 6) is 0.798. The van der Waals surface area contributed by atoms with Crippen molar-refractivity contribution in [2.45, 2.75) is 32.3 Å². The first-order valence-corrected chi connectivity index (χ1v) is 6.23. The fourth-order valence-electron chi connectivity index (χ4n) is 2.29. The first-order valence-electron chi connectivity index (χ1n) is 6.23. The lowest BCUT2D eigenvalue weighted by atomic mass is 9.88. The van der Waals surface area contributed by atoms with Gasteiger partial charge in [-0.25, -0.2) is 0 Å². The molecular weight excluding hydrogens is 204 g/mol. The minimum atomic E-state index is -0.132. The summed E-state index contributed by atoms with van der Waals surface area (Å²) in [7, 11) is 0. The molecule has 0 radical (unpaired) electrons. The van der Waals surface area contributed by atoms with Crippen molar-refractivity contribution in [3.63, 3.8) is 0 Å². The summed E-state index contributed by atoms with van der Waals surface area (Å²) in [5.41, 5.74) is -0.132. The summed E-state index contributed by atoms with van der Waals surface area (Å²) in [6, 6.07) is 0. The van der Waals surface area contributed by atoms with Crippen LogP contribution in [0.15, 0.2) is 0 Å². The lowest BCUT2D eigenvalue weighted by molar-refractivity contribution is -0.128. The van der Waals surface area contributed by atoms with E-state index in [2.05, 4.69) is 17.6 Å². The molecule has 0 aromatic rings. The Labute approximate surface area is 97.1 Å². The molecule has 2 heterocycles. The van der Waals surface area contributed by atoms with E-state index in [1.54, 1.807) is 0 Å². The molecule has 4 nitrogen and oxygen atoms in total. The molecule has 2 aliphatic rings. The van der Waals surface area contributed by atoms with Gasteiger partial charge in [-0.1, -0.05) is 6.92 Å². The van der Waals surface area contributed by atoms with Gasteiger partial charge in [0, 0.05) is 19.1 Å². The van der Waals surface area contributed by atoms with Crippen LogP contribution in [-0.2, 0) is 9.53 Å². The molecule has 92 valence electrons. The van der Waals surface area contributed by atoms with E-state index in [1.807, 2.05) is 6.92 Å². The Morgan fingerprint density at radius 3 is 2.88 bits per heavy atom. The van der Waals surface area contributed by atoms with E-state index in [1.165, 1.54) is 0 Å². The molecule has 1 amide bonds. The summed E-state index contributed by atoms with van der Waals surface area (Å²) in [6.45, 7) is 7.52. The summed E-state index contributed by atoms with van der Waals surface area (Å²) in [4.78, 5) is 11.9. The van der Waals surface area contributed by atoms with Crippen molar-refractivity contribution in [1.29, 1.82) is 0 Å². The average Bonchev–Trinajstić information content (AvgIpc) is 2.59. The Morgan fingerprint density at radius 2 is 2.38 bits per heavy atom. The number of hydrogen-bond acceptors (Lipinski definition) is 3. The summed E-state index contributed by atoms with van der Waals surface area (Å²) >= 11 is 0. The summed E-state index contributed by atoms with van der Waals surface area (Å²) in [6.07, 6.45) is 2.15. The van der Waals surface area contributed by atoms with Gasteiger partial charge in [-0.05, 0) is 38.8 Å². The van der Waals surface area contributed by atoms with E-state index in [-0.39, 0.29) is 17.4 Å². The van der Waals surface area contributed by atoms with E-state index >= 15 is 0 Å². The van der Waals surface area contributed by atoms with Crippen LogP contribution in [0.5, 0.6) is 0 Å². The average molecular weight is 226 g/mol. The van der Waals surface area contributed by atoms with Gasteiger partial charge in [-0.15, -0.1) is 0 Å². The number of hydrogen-bond donors (Lipinski definition) is 2. The number of amides is 1. The van der Waals surface area contributed by atoms with Crippen molar-refractivity contribution < 1.29 is 9.53 Å². The summed E-state index contributed by atoms with van der Waals surface area (Å²) < 4.78 is 5.64. The molecule has 0 bridgehead atoms. The molecule has 4 heteroatoms. The van der Waals surface area contributed by atoms with Gasteiger partial charge in [0.15, 0.2) is 0 Å². The number of nitrogens with one attached hydrogen (secondary N) is 2. The van der Waals surface area contributed by atoms with Gasteiger partial charge in [0.2, 0.25) is 5.91 Å². The van der Waals surface area contributed by atoms with Crippen LogP contribution in [0.25, 0.3) is 0 Å². The second-order valence-corrected chi connectivity index (χ2v) is 5.33. The maximum Gasteiger partial charge on any atom is 0.223 e. The molecule has 2 aliphatic heterocycles. The highest BCUT2D eigenvalue weighted by Gasteiger charge is 2.33. The van der Waals surface area contributed by atoms with Crippen molar-refractivity contribution in [3.8, 4) is 0 Å². The molecule has 0 spiro atoms. The Hall–Kier alpha value is -0.610. The lowest BCUT2D eigenvalue weighted by Gasteiger charge is -2.32. The second-order valence-electron chi connectivity index (χ2n) is 5.33. The molecule has 0 aliphatic carbocycles. The zero-order valence-electron chi connectivity index (χ0n) is 10.2.